The average molecular weight is 627 g/mol. The van der Waals surface area contributed by atoms with Crippen molar-refractivity contribution in [2.45, 2.75) is 69.5 Å². The second-order valence-corrected chi connectivity index (χ2v) is 13.1. The molecule has 0 heterocycles. The zero-order valence-corrected chi connectivity index (χ0v) is 25.3. The molecular weight excluding hydrogens is 590 g/mol. The van der Waals surface area contributed by atoms with Gasteiger partial charge in [-0.3, -0.25) is 13.9 Å². The molecule has 1 N–H and O–H groups in total. The topological polar surface area (TPSA) is 86.8 Å². The highest BCUT2D eigenvalue weighted by Gasteiger charge is 2.33. The first-order valence-corrected chi connectivity index (χ1v) is 15.9. The van der Waals surface area contributed by atoms with Gasteiger partial charge in [0, 0.05) is 17.1 Å². The normalized spacial score (nSPS) is 14.8. The molecule has 0 bridgehead atoms. The van der Waals surface area contributed by atoms with E-state index in [-0.39, 0.29) is 23.4 Å². The van der Waals surface area contributed by atoms with Gasteiger partial charge < -0.3 is 10.2 Å². The van der Waals surface area contributed by atoms with Gasteiger partial charge in [-0.15, -0.1) is 0 Å². The average Bonchev–Trinajstić information content (AvgIpc) is 2.95. The Hall–Kier alpha value is -3.17. The van der Waals surface area contributed by atoms with Crippen molar-refractivity contribution >= 4 is 43.5 Å². The highest BCUT2D eigenvalue weighted by atomic mass is 79.9. The van der Waals surface area contributed by atoms with Crippen LogP contribution in [0.25, 0.3) is 0 Å². The maximum Gasteiger partial charge on any atom is 0.264 e. The van der Waals surface area contributed by atoms with Gasteiger partial charge in [-0.05, 0) is 74.2 Å². The summed E-state index contributed by atoms with van der Waals surface area (Å²) in [6, 6.07) is 22.0. The first-order chi connectivity index (χ1) is 19.1. The predicted molar refractivity (Wildman–Crippen MR) is 161 cm³/mol. The Morgan fingerprint density at radius 3 is 2.33 bits per heavy atom. The second-order valence-electron chi connectivity index (χ2n) is 10.3. The number of amides is 2. The first-order valence-electron chi connectivity index (χ1n) is 13.6. The standard InChI is InChI=1S/C31H36BrN3O4S/c1-23-11-9-16-28(19-23)35(40(38,39)29-17-7-4-8-18-29)22-30(36)34(21-25-12-10-13-26(32)20-25)24(2)31(37)33-27-14-5-3-6-15-27/h4,7-13,16-20,24,27H,3,5-6,14-15,21-22H2,1-2H3,(H,33,37)/t24-/m0/s1. The summed E-state index contributed by atoms with van der Waals surface area (Å²) in [6.45, 7) is 3.28. The van der Waals surface area contributed by atoms with Crippen molar-refractivity contribution in [3.8, 4) is 0 Å². The number of sulfonamides is 1. The van der Waals surface area contributed by atoms with Crippen molar-refractivity contribution in [3.05, 3.63) is 94.5 Å². The number of anilines is 1. The van der Waals surface area contributed by atoms with Crippen molar-refractivity contribution in [3.63, 3.8) is 0 Å². The van der Waals surface area contributed by atoms with E-state index in [2.05, 4.69) is 21.2 Å². The van der Waals surface area contributed by atoms with Crippen molar-refractivity contribution in [2.24, 2.45) is 0 Å². The van der Waals surface area contributed by atoms with Gasteiger partial charge in [-0.2, -0.15) is 0 Å². The Kier molecular flexibility index (Phi) is 10.0. The summed E-state index contributed by atoms with van der Waals surface area (Å²) in [5.74, 6) is -0.699. The number of benzene rings is 3. The maximum absolute atomic E-state index is 14.0. The fourth-order valence-corrected chi connectivity index (χ4v) is 6.89. The minimum atomic E-state index is -4.07. The summed E-state index contributed by atoms with van der Waals surface area (Å²) in [5, 5.41) is 3.13. The van der Waals surface area contributed by atoms with Gasteiger partial charge in [0.2, 0.25) is 11.8 Å². The zero-order valence-electron chi connectivity index (χ0n) is 22.9. The Bertz CT molecular complexity index is 1430. The van der Waals surface area contributed by atoms with Gasteiger partial charge in [-0.1, -0.05) is 77.7 Å². The van der Waals surface area contributed by atoms with Crippen LogP contribution in [-0.2, 0) is 26.2 Å². The van der Waals surface area contributed by atoms with E-state index in [1.54, 1.807) is 43.3 Å². The molecule has 0 aromatic heterocycles. The third kappa shape index (κ3) is 7.52. The van der Waals surface area contributed by atoms with Gasteiger partial charge in [0.05, 0.1) is 10.6 Å². The van der Waals surface area contributed by atoms with Crippen molar-refractivity contribution in [2.75, 3.05) is 10.8 Å². The van der Waals surface area contributed by atoms with Gasteiger partial charge in [-0.25, -0.2) is 8.42 Å². The van der Waals surface area contributed by atoms with Crippen LogP contribution in [0.3, 0.4) is 0 Å². The predicted octanol–water partition coefficient (Wildman–Crippen LogP) is 5.82. The first kappa shape index (κ1) is 29.8. The monoisotopic (exact) mass is 625 g/mol. The van der Waals surface area contributed by atoms with Gasteiger partial charge in [0.25, 0.3) is 10.0 Å². The highest BCUT2D eigenvalue weighted by Crippen LogP contribution is 2.26. The number of nitrogens with one attached hydrogen (secondary N) is 1. The van der Waals surface area contributed by atoms with E-state index in [4.69, 9.17) is 0 Å². The van der Waals surface area contributed by atoms with Gasteiger partial charge in [0.1, 0.15) is 12.6 Å². The van der Waals surface area contributed by atoms with Crippen LogP contribution in [0.5, 0.6) is 0 Å². The quantitative estimate of drug-likeness (QED) is 0.308. The molecule has 1 aliphatic rings. The van der Waals surface area contributed by atoms with Gasteiger partial charge >= 0.3 is 0 Å². The van der Waals surface area contributed by atoms with E-state index in [1.807, 2.05) is 37.3 Å². The molecule has 3 aromatic carbocycles. The molecule has 3 aromatic rings. The maximum atomic E-state index is 14.0. The molecule has 1 aliphatic carbocycles. The Balaban J connectivity index is 1.67. The minimum absolute atomic E-state index is 0.0888. The van der Waals surface area contributed by atoms with E-state index < -0.39 is 28.5 Å². The van der Waals surface area contributed by atoms with Crippen LogP contribution in [0, 0.1) is 6.92 Å². The molecule has 1 fully saturated rings. The largest absolute Gasteiger partial charge is 0.352 e. The molecule has 40 heavy (non-hydrogen) atoms. The van der Waals surface area contributed by atoms with Crippen molar-refractivity contribution in [1.29, 1.82) is 0 Å². The minimum Gasteiger partial charge on any atom is -0.352 e. The van der Waals surface area contributed by atoms with E-state index in [9.17, 15) is 18.0 Å². The van der Waals surface area contributed by atoms with Crippen LogP contribution >= 0.6 is 15.9 Å². The van der Waals surface area contributed by atoms with Gasteiger partial charge in [0.15, 0.2) is 0 Å². The van der Waals surface area contributed by atoms with Crippen LogP contribution in [0.2, 0.25) is 0 Å². The molecule has 212 valence electrons. The zero-order chi connectivity index (χ0) is 28.7. The number of nitrogens with zero attached hydrogens (tertiary/aromatic N) is 2. The van der Waals surface area contributed by atoms with Crippen LogP contribution < -0.4 is 9.62 Å². The fraction of sp³-hybridized carbons (Fsp3) is 0.355. The molecule has 4 rings (SSSR count). The van der Waals surface area contributed by atoms with E-state index in [0.29, 0.717) is 5.69 Å². The van der Waals surface area contributed by atoms with Crippen LogP contribution in [-0.4, -0.2) is 43.8 Å². The molecule has 0 spiro atoms. The van der Waals surface area contributed by atoms with Crippen molar-refractivity contribution < 1.29 is 18.0 Å². The number of carbonyl (C=O) groups excluding carboxylic acids is 2. The molecule has 0 aliphatic heterocycles. The van der Waals surface area contributed by atoms with Crippen LogP contribution in [0.1, 0.15) is 50.2 Å². The Morgan fingerprint density at radius 2 is 1.65 bits per heavy atom. The number of hydrogen-bond donors (Lipinski definition) is 1. The molecule has 2 amide bonds. The lowest BCUT2D eigenvalue weighted by Crippen LogP contribution is -2.53. The molecule has 0 unspecified atom stereocenters. The molecule has 7 nitrogen and oxygen atoms in total. The number of hydrogen-bond acceptors (Lipinski definition) is 4. The third-order valence-electron chi connectivity index (χ3n) is 7.26. The van der Waals surface area contributed by atoms with Crippen molar-refractivity contribution in [1.82, 2.24) is 10.2 Å². The fourth-order valence-electron chi connectivity index (χ4n) is 5.01. The SMILES string of the molecule is Cc1cccc(N(CC(=O)N(Cc2cccc(Br)c2)[C@@H](C)C(=O)NC2CCCCC2)S(=O)(=O)c2ccccc2)c1. The highest BCUT2D eigenvalue weighted by molar-refractivity contribution is 9.10. The summed E-state index contributed by atoms with van der Waals surface area (Å²) in [5.41, 5.74) is 2.08. The van der Waals surface area contributed by atoms with E-state index in [0.717, 1.165) is 45.6 Å². The summed E-state index contributed by atoms with van der Waals surface area (Å²) >= 11 is 3.48. The number of halogens is 1. The summed E-state index contributed by atoms with van der Waals surface area (Å²) < 4.78 is 29.7. The number of rotatable bonds is 10. The summed E-state index contributed by atoms with van der Waals surface area (Å²) in [4.78, 5) is 29.0. The Labute approximate surface area is 245 Å². The van der Waals surface area contributed by atoms with E-state index in [1.165, 1.54) is 23.5 Å². The van der Waals surface area contributed by atoms with Crippen LogP contribution in [0.4, 0.5) is 5.69 Å². The lowest BCUT2D eigenvalue weighted by atomic mass is 9.95. The lowest BCUT2D eigenvalue weighted by Gasteiger charge is -2.33. The molecule has 0 saturated heterocycles. The molecule has 1 atom stereocenters. The molecule has 1 saturated carbocycles. The van der Waals surface area contributed by atoms with Crippen LogP contribution in [0.15, 0.2) is 88.2 Å². The molecular formula is C31H36BrN3O4S. The molecule has 9 heteroatoms. The third-order valence-corrected chi connectivity index (χ3v) is 9.54. The number of carbonyl (C=O) groups is 2. The Morgan fingerprint density at radius 1 is 0.950 bits per heavy atom. The smallest absolute Gasteiger partial charge is 0.264 e. The molecule has 0 radical (unpaired) electrons. The second kappa shape index (κ2) is 13.5. The summed E-state index contributed by atoms with van der Waals surface area (Å²) in [7, 11) is -4.07. The number of aryl methyl sites for hydroxylation is 1. The summed E-state index contributed by atoms with van der Waals surface area (Å²) in [6.07, 6.45) is 5.16. The lowest BCUT2D eigenvalue weighted by molar-refractivity contribution is -0.139. The van der Waals surface area contributed by atoms with E-state index >= 15 is 0 Å².